The van der Waals surface area contributed by atoms with Crippen molar-refractivity contribution in [3.63, 3.8) is 0 Å². The summed E-state index contributed by atoms with van der Waals surface area (Å²) >= 11 is 0. The zero-order valence-corrected chi connectivity index (χ0v) is 13.9. The summed E-state index contributed by atoms with van der Waals surface area (Å²) < 4.78 is 0. The molecule has 3 N–H and O–H groups in total. The van der Waals surface area contributed by atoms with Crippen LogP contribution in [0.2, 0.25) is 0 Å². The highest BCUT2D eigenvalue weighted by Gasteiger charge is 2.63. The summed E-state index contributed by atoms with van der Waals surface area (Å²) in [5.41, 5.74) is 8.09. The maximum Gasteiger partial charge on any atom is 0.0543 e. The molecule has 4 aliphatic carbocycles. The fraction of sp³-hybridized carbons (Fsp3) is 1.00. The first kappa shape index (κ1) is 14.5. The Morgan fingerprint density at radius 3 is 2.52 bits per heavy atom. The van der Waals surface area contributed by atoms with Crippen LogP contribution in [0.4, 0.5) is 0 Å². The maximum atomic E-state index is 10.1. The number of aliphatic hydroxyl groups is 1. The van der Waals surface area contributed by atoms with E-state index < -0.39 is 0 Å². The minimum absolute atomic E-state index is 0.0354. The minimum Gasteiger partial charge on any atom is -0.393 e. The van der Waals surface area contributed by atoms with Crippen LogP contribution < -0.4 is 5.73 Å². The van der Waals surface area contributed by atoms with Gasteiger partial charge in [0, 0.05) is 5.54 Å². The summed E-state index contributed by atoms with van der Waals surface area (Å²) in [7, 11) is 0. The lowest BCUT2D eigenvalue weighted by Crippen LogP contribution is -2.65. The van der Waals surface area contributed by atoms with Gasteiger partial charge in [0.15, 0.2) is 0 Å². The molecule has 4 rings (SSSR count). The van der Waals surface area contributed by atoms with Gasteiger partial charge in [-0.05, 0) is 86.4 Å². The molecule has 0 aromatic heterocycles. The van der Waals surface area contributed by atoms with E-state index >= 15 is 0 Å². The van der Waals surface area contributed by atoms with Crippen LogP contribution in [0.25, 0.3) is 0 Å². The van der Waals surface area contributed by atoms with E-state index in [1.165, 1.54) is 51.4 Å². The van der Waals surface area contributed by atoms with Crippen molar-refractivity contribution in [3.8, 4) is 0 Å². The zero-order chi connectivity index (χ0) is 14.9. The lowest BCUT2D eigenvalue weighted by Gasteiger charge is -2.63. The molecule has 4 aliphatic rings. The molecule has 0 aromatic rings. The van der Waals surface area contributed by atoms with Gasteiger partial charge in [0.1, 0.15) is 0 Å². The van der Waals surface area contributed by atoms with Crippen molar-refractivity contribution < 1.29 is 5.11 Å². The molecular weight excluding hydrogens is 258 g/mol. The van der Waals surface area contributed by atoms with Crippen LogP contribution in [0, 0.1) is 28.6 Å². The van der Waals surface area contributed by atoms with Crippen LogP contribution in [-0.4, -0.2) is 16.7 Å². The molecule has 21 heavy (non-hydrogen) atoms. The fourth-order valence-electron chi connectivity index (χ4n) is 7.29. The van der Waals surface area contributed by atoms with Crippen molar-refractivity contribution in [2.75, 3.05) is 0 Å². The van der Waals surface area contributed by atoms with Crippen molar-refractivity contribution in [1.82, 2.24) is 0 Å². The third-order valence-corrected chi connectivity index (χ3v) is 8.78. The van der Waals surface area contributed by atoms with Gasteiger partial charge < -0.3 is 10.8 Å². The molecule has 0 aromatic carbocycles. The van der Waals surface area contributed by atoms with Gasteiger partial charge in [-0.2, -0.15) is 0 Å². The van der Waals surface area contributed by atoms with Gasteiger partial charge >= 0.3 is 0 Å². The fourth-order valence-corrected chi connectivity index (χ4v) is 7.29. The first-order valence-electron chi connectivity index (χ1n) is 9.36. The minimum atomic E-state index is -0.0354. The lowest BCUT2D eigenvalue weighted by molar-refractivity contribution is -0.129. The van der Waals surface area contributed by atoms with Gasteiger partial charge in [-0.15, -0.1) is 0 Å². The van der Waals surface area contributed by atoms with Crippen LogP contribution in [0.15, 0.2) is 0 Å². The van der Waals surface area contributed by atoms with Crippen molar-refractivity contribution in [1.29, 1.82) is 0 Å². The van der Waals surface area contributed by atoms with Gasteiger partial charge in [0.05, 0.1) is 6.10 Å². The molecule has 0 aliphatic heterocycles. The van der Waals surface area contributed by atoms with Crippen molar-refractivity contribution >= 4 is 0 Å². The van der Waals surface area contributed by atoms with E-state index in [1.54, 1.807) is 0 Å². The van der Waals surface area contributed by atoms with E-state index in [0.29, 0.717) is 10.8 Å². The molecule has 2 nitrogen and oxygen atoms in total. The highest BCUT2D eigenvalue weighted by Crippen LogP contribution is 2.66. The summed E-state index contributed by atoms with van der Waals surface area (Å²) in [6.45, 7) is 5.02. The Balaban J connectivity index is 1.67. The molecule has 4 fully saturated rings. The maximum absolute atomic E-state index is 10.1. The number of nitrogens with two attached hydrogens (primary N) is 1. The number of hydrogen-bond acceptors (Lipinski definition) is 2. The Kier molecular flexibility index (Phi) is 3.09. The summed E-state index contributed by atoms with van der Waals surface area (Å²) in [5, 5.41) is 10.1. The number of hydrogen-bond donors (Lipinski definition) is 2. The monoisotopic (exact) mass is 291 g/mol. The number of aliphatic hydroxyl groups excluding tert-OH is 1. The number of fused-ring (bicyclic) bond motifs is 5. The Morgan fingerprint density at radius 1 is 0.905 bits per heavy atom. The van der Waals surface area contributed by atoms with E-state index in [2.05, 4.69) is 13.8 Å². The van der Waals surface area contributed by atoms with Gasteiger partial charge in [-0.1, -0.05) is 20.3 Å². The first-order chi connectivity index (χ1) is 9.89. The second-order valence-electron chi connectivity index (χ2n) is 9.41. The van der Waals surface area contributed by atoms with Crippen LogP contribution in [-0.2, 0) is 0 Å². The topological polar surface area (TPSA) is 46.2 Å². The Morgan fingerprint density at radius 2 is 1.71 bits per heavy atom. The molecule has 7 atom stereocenters. The SMILES string of the molecule is C[C@@]12CCC[C@@]1(N)[C@@H]1CCC3CC(O)CC[C@]3(C)[C@@H]1CC2. The van der Waals surface area contributed by atoms with Gasteiger partial charge in [0.2, 0.25) is 0 Å². The van der Waals surface area contributed by atoms with Gasteiger partial charge in [-0.3, -0.25) is 0 Å². The Hall–Kier alpha value is -0.0800. The smallest absolute Gasteiger partial charge is 0.0543 e. The highest BCUT2D eigenvalue weighted by molar-refractivity contribution is 5.16. The Labute approximate surface area is 129 Å². The van der Waals surface area contributed by atoms with Gasteiger partial charge in [0.25, 0.3) is 0 Å². The largest absolute Gasteiger partial charge is 0.393 e. The molecular formula is C19H33NO. The second kappa shape index (κ2) is 4.47. The van der Waals surface area contributed by atoms with E-state index in [-0.39, 0.29) is 11.6 Å². The van der Waals surface area contributed by atoms with Crippen molar-refractivity contribution in [2.45, 2.75) is 89.7 Å². The normalized spacial score (nSPS) is 60.0. The average Bonchev–Trinajstić information content (AvgIpc) is 2.75. The quantitative estimate of drug-likeness (QED) is 0.712. The van der Waals surface area contributed by atoms with Crippen molar-refractivity contribution in [2.24, 2.45) is 34.3 Å². The zero-order valence-electron chi connectivity index (χ0n) is 13.9. The van der Waals surface area contributed by atoms with Crippen molar-refractivity contribution in [3.05, 3.63) is 0 Å². The lowest BCUT2D eigenvalue weighted by atomic mass is 9.43. The molecule has 0 heterocycles. The molecule has 0 saturated heterocycles. The molecule has 2 heteroatoms. The summed E-state index contributed by atoms with van der Waals surface area (Å²) in [5.74, 6) is 2.31. The highest BCUT2D eigenvalue weighted by atomic mass is 16.3. The molecule has 4 saturated carbocycles. The van der Waals surface area contributed by atoms with Crippen LogP contribution >= 0.6 is 0 Å². The standard InChI is InChI=1S/C19H33NO/c1-17-8-3-9-19(17,20)16-5-4-13-12-14(21)6-11-18(13,2)15(16)7-10-17/h13-16,21H,3-12,20H2,1-2H3/t13?,14?,15-,16-,17+,18+,19-/m1/s1. The average molecular weight is 291 g/mol. The third-order valence-electron chi connectivity index (χ3n) is 8.78. The summed E-state index contributed by atoms with van der Waals surface area (Å²) in [4.78, 5) is 0. The molecule has 120 valence electrons. The van der Waals surface area contributed by atoms with E-state index in [9.17, 15) is 5.11 Å². The molecule has 2 unspecified atom stereocenters. The molecule has 0 spiro atoms. The van der Waals surface area contributed by atoms with E-state index in [0.717, 1.165) is 30.6 Å². The van der Waals surface area contributed by atoms with Crippen LogP contribution in [0.5, 0.6) is 0 Å². The predicted molar refractivity (Wildman–Crippen MR) is 85.8 cm³/mol. The molecule has 0 amide bonds. The summed E-state index contributed by atoms with van der Waals surface area (Å²) in [6.07, 6.45) is 12.6. The van der Waals surface area contributed by atoms with Crippen LogP contribution in [0.3, 0.4) is 0 Å². The predicted octanol–water partition coefficient (Wildman–Crippen LogP) is 3.86. The van der Waals surface area contributed by atoms with E-state index in [1.807, 2.05) is 0 Å². The molecule has 0 radical (unpaired) electrons. The Bertz CT molecular complexity index is 437. The number of rotatable bonds is 0. The van der Waals surface area contributed by atoms with E-state index in [4.69, 9.17) is 5.73 Å². The third kappa shape index (κ3) is 1.78. The molecule has 0 bridgehead atoms. The van der Waals surface area contributed by atoms with Gasteiger partial charge in [-0.25, -0.2) is 0 Å². The van der Waals surface area contributed by atoms with Crippen LogP contribution in [0.1, 0.15) is 78.1 Å². The second-order valence-corrected chi connectivity index (χ2v) is 9.41. The summed E-state index contributed by atoms with van der Waals surface area (Å²) in [6, 6.07) is 0. The first-order valence-corrected chi connectivity index (χ1v) is 9.36.